The van der Waals surface area contributed by atoms with Gasteiger partial charge in [0.1, 0.15) is 18.1 Å². The van der Waals surface area contributed by atoms with E-state index in [9.17, 15) is 13.2 Å². The summed E-state index contributed by atoms with van der Waals surface area (Å²) >= 11 is 6.09. The average molecular weight is 451 g/mol. The molecule has 2 aromatic carbocycles. The van der Waals surface area contributed by atoms with E-state index >= 15 is 0 Å². The van der Waals surface area contributed by atoms with Gasteiger partial charge in [-0.25, -0.2) is 8.42 Å². The van der Waals surface area contributed by atoms with Crippen molar-refractivity contribution in [2.75, 3.05) is 43.2 Å². The molecule has 2 saturated heterocycles. The van der Waals surface area contributed by atoms with Crippen molar-refractivity contribution < 1.29 is 22.7 Å². The maximum atomic E-state index is 13.0. The minimum atomic E-state index is -3.24. The number of halogens is 1. The van der Waals surface area contributed by atoms with Gasteiger partial charge in [-0.2, -0.15) is 0 Å². The fourth-order valence-corrected chi connectivity index (χ4v) is 6.28. The van der Waals surface area contributed by atoms with Crippen molar-refractivity contribution in [3.8, 4) is 11.5 Å². The van der Waals surface area contributed by atoms with E-state index in [4.69, 9.17) is 21.1 Å². The first-order chi connectivity index (χ1) is 14.4. The molecule has 0 aliphatic carbocycles. The zero-order valence-corrected chi connectivity index (χ0v) is 18.1. The highest BCUT2D eigenvalue weighted by molar-refractivity contribution is 7.91. The van der Waals surface area contributed by atoms with E-state index in [1.54, 1.807) is 36.3 Å². The maximum absolute atomic E-state index is 13.0. The Morgan fingerprint density at radius 2 is 1.77 bits per heavy atom. The van der Waals surface area contributed by atoms with E-state index in [-0.39, 0.29) is 30.0 Å². The van der Waals surface area contributed by atoms with Gasteiger partial charge in [-0.05, 0) is 42.5 Å². The first-order valence-electron chi connectivity index (χ1n) is 9.65. The summed E-state index contributed by atoms with van der Waals surface area (Å²) < 4.78 is 35.7. The van der Waals surface area contributed by atoms with Crippen molar-refractivity contribution in [1.29, 1.82) is 0 Å². The molecular weight excluding hydrogens is 428 g/mol. The number of fused-ring (bicyclic) bond motifs is 1. The van der Waals surface area contributed by atoms with Gasteiger partial charge in [0.25, 0.3) is 0 Å². The molecule has 2 aromatic rings. The Kier molecular flexibility index (Phi) is 5.90. The van der Waals surface area contributed by atoms with Gasteiger partial charge < -0.3 is 14.4 Å². The molecular formula is C21H23ClN2O5S. The Morgan fingerprint density at radius 1 is 1.07 bits per heavy atom. The van der Waals surface area contributed by atoms with Crippen molar-refractivity contribution in [2.24, 2.45) is 0 Å². The quantitative estimate of drug-likeness (QED) is 0.671. The number of nitrogens with zero attached hydrogens (tertiary/aromatic N) is 2. The van der Waals surface area contributed by atoms with Gasteiger partial charge >= 0.3 is 0 Å². The number of hydrogen-bond donors (Lipinski definition) is 0. The van der Waals surface area contributed by atoms with Gasteiger partial charge in [-0.1, -0.05) is 17.7 Å². The summed E-state index contributed by atoms with van der Waals surface area (Å²) in [6, 6.07) is 13.5. The Labute approximate surface area is 181 Å². The largest absolute Gasteiger partial charge is 0.497 e. The summed E-state index contributed by atoms with van der Waals surface area (Å²) in [5.41, 5.74) is 0.633. The molecule has 0 spiro atoms. The van der Waals surface area contributed by atoms with Crippen LogP contribution in [0, 0.1) is 0 Å². The van der Waals surface area contributed by atoms with Gasteiger partial charge in [0, 0.05) is 23.3 Å². The lowest BCUT2D eigenvalue weighted by Gasteiger charge is -2.43. The molecule has 0 radical (unpaired) electrons. The Bertz CT molecular complexity index is 1030. The number of sulfone groups is 1. The molecule has 0 bridgehead atoms. The van der Waals surface area contributed by atoms with E-state index < -0.39 is 15.9 Å². The highest BCUT2D eigenvalue weighted by Crippen LogP contribution is 2.32. The summed E-state index contributed by atoms with van der Waals surface area (Å²) in [5.74, 6) is 1.27. The predicted octanol–water partition coefficient (Wildman–Crippen LogP) is 2.24. The molecule has 0 aromatic heterocycles. The van der Waals surface area contributed by atoms with E-state index in [0.717, 1.165) is 5.75 Å². The van der Waals surface area contributed by atoms with Crippen molar-refractivity contribution in [2.45, 2.75) is 12.1 Å². The first kappa shape index (κ1) is 21.0. The van der Waals surface area contributed by atoms with E-state index in [2.05, 4.69) is 0 Å². The fraction of sp³-hybridized carbons (Fsp3) is 0.381. The molecule has 1 amide bonds. The van der Waals surface area contributed by atoms with Crippen molar-refractivity contribution in [1.82, 2.24) is 4.90 Å². The summed E-state index contributed by atoms with van der Waals surface area (Å²) in [7, 11) is -1.65. The molecule has 0 N–H and O–H groups in total. The van der Waals surface area contributed by atoms with Crippen LogP contribution in [0.15, 0.2) is 48.5 Å². The normalized spacial score (nSPS) is 23.3. The lowest BCUT2D eigenvalue weighted by Crippen LogP contribution is -2.62. The topological polar surface area (TPSA) is 76.2 Å². The molecule has 9 heteroatoms. The number of piperazine rings is 1. The van der Waals surface area contributed by atoms with Crippen LogP contribution in [0.2, 0.25) is 5.02 Å². The number of amides is 1. The Balaban J connectivity index is 1.48. The summed E-state index contributed by atoms with van der Waals surface area (Å²) in [4.78, 5) is 16.5. The SMILES string of the molecule is COc1ccc(OCCN2CC(=O)N(c3cccc(Cl)c3)[C@@H]3CS(=O)(=O)C[C@H]32)cc1. The first-order valence-corrected chi connectivity index (χ1v) is 11.9. The van der Waals surface area contributed by atoms with Crippen LogP contribution in [0.5, 0.6) is 11.5 Å². The standard InChI is InChI=1S/C21H23ClN2O5S/c1-28-17-5-7-18(8-6-17)29-10-9-23-12-21(25)24(16-4-2-3-15(22)11-16)20-14-30(26,27)13-19(20)23/h2-8,11,19-20H,9-10,12-14H2,1H3/t19-,20-/m1/s1. The summed E-state index contributed by atoms with van der Waals surface area (Å²) in [6.45, 7) is 0.938. The molecule has 160 valence electrons. The number of methoxy groups -OCH3 is 1. The average Bonchev–Trinajstić information content (AvgIpc) is 3.03. The zero-order chi connectivity index (χ0) is 21.3. The molecule has 2 aliphatic rings. The number of carbonyl (C=O) groups excluding carboxylic acids is 1. The molecule has 4 rings (SSSR count). The number of rotatable bonds is 6. The van der Waals surface area contributed by atoms with Gasteiger partial charge in [0.2, 0.25) is 5.91 Å². The third-order valence-electron chi connectivity index (χ3n) is 5.49. The number of benzene rings is 2. The molecule has 2 aliphatic heterocycles. The number of ether oxygens (including phenoxy) is 2. The Morgan fingerprint density at radius 3 is 2.47 bits per heavy atom. The van der Waals surface area contributed by atoms with Gasteiger partial charge in [0.15, 0.2) is 9.84 Å². The maximum Gasteiger partial charge on any atom is 0.241 e. The van der Waals surface area contributed by atoms with Gasteiger partial charge in [-0.15, -0.1) is 0 Å². The van der Waals surface area contributed by atoms with Crippen LogP contribution in [0.3, 0.4) is 0 Å². The lowest BCUT2D eigenvalue weighted by molar-refractivity contribution is -0.123. The molecule has 7 nitrogen and oxygen atoms in total. The summed E-state index contributed by atoms with van der Waals surface area (Å²) in [6.07, 6.45) is 0. The molecule has 30 heavy (non-hydrogen) atoms. The lowest BCUT2D eigenvalue weighted by atomic mass is 10.0. The van der Waals surface area contributed by atoms with Gasteiger partial charge in [-0.3, -0.25) is 9.69 Å². The van der Waals surface area contributed by atoms with Crippen LogP contribution in [0.4, 0.5) is 5.69 Å². The second-order valence-electron chi connectivity index (χ2n) is 7.45. The zero-order valence-electron chi connectivity index (χ0n) is 16.5. The number of carbonyl (C=O) groups is 1. The third kappa shape index (κ3) is 4.40. The van der Waals surface area contributed by atoms with Crippen LogP contribution in [-0.2, 0) is 14.6 Å². The van der Waals surface area contributed by atoms with Crippen molar-refractivity contribution in [3.05, 3.63) is 53.6 Å². The second kappa shape index (κ2) is 8.45. The summed E-state index contributed by atoms with van der Waals surface area (Å²) in [5, 5.41) is 0.507. The highest BCUT2D eigenvalue weighted by atomic mass is 35.5. The van der Waals surface area contributed by atoms with Crippen LogP contribution in [-0.4, -0.2) is 69.6 Å². The van der Waals surface area contributed by atoms with E-state index in [1.165, 1.54) is 0 Å². The van der Waals surface area contributed by atoms with Gasteiger partial charge in [0.05, 0.1) is 31.2 Å². The molecule has 2 heterocycles. The smallest absolute Gasteiger partial charge is 0.241 e. The monoisotopic (exact) mass is 450 g/mol. The minimum Gasteiger partial charge on any atom is -0.497 e. The van der Waals surface area contributed by atoms with Crippen LogP contribution in [0.1, 0.15) is 0 Å². The number of hydrogen-bond acceptors (Lipinski definition) is 6. The van der Waals surface area contributed by atoms with Crippen LogP contribution >= 0.6 is 11.6 Å². The third-order valence-corrected chi connectivity index (χ3v) is 7.43. The Hall–Kier alpha value is -2.29. The second-order valence-corrected chi connectivity index (χ2v) is 10.0. The van der Waals surface area contributed by atoms with Crippen molar-refractivity contribution in [3.63, 3.8) is 0 Å². The fourth-order valence-electron chi connectivity index (χ4n) is 4.12. The molecule has 2 fully saturated rings. The predicted molar refractivity (Wildman–Crippen MR) is 115 cm³/mol. The van der Waals surface area contributed by atoms with Crippen LogP contribution < -0.4 is 14.4 Å². The van der Waals surface area contributed by atoms with Crippen molar-refractivity contribution >= 4 is 33.0 Å². The molecule has 2 atom stereocenters. The number of anilines is 1. The molecule has 0 saturated carbocycles. The highest BCUT2D eigenvalue weighted by Gasteiger charge is 2.49. The van der Waals surface area contributed by atoms with E-state index in [1.807, 2.05) is 29.2 Å². The minimum absolute atomic E-state index is 0.0323. The van der Waals surface area contributed by atoms with Crippen LogP contribution in [0.25, 0.3) is 0 Å². The molecule has 0 unspecified atom stereocenters. The van der Waals surface area contributed by atoms with E-state index in [0.29, 0.717) is 29.6 Å².